The first-order chi connectivity index (χ1) is 9.15. The van der Waals surface area contributed by atoms with Gasteiger partial charge in [-0.05, 0) is 53.6 Å². The molecule has 0 aliphatic heterocycles. The van der Waals surface area contributed by atoms with Gasteiger partial charge in [-0.25, -0.2) is 4.98 Å². The van der Waals surface area contributed by atoms with Gasteiger partial charge in [0.2, 0.25) is 0 Å². The number of rotatable bonds is 1. The van der Waals surface area contributed by atoms with Crippen LogP contribution in [-0.4, -0.2) is 4.98 Å². The lowest BCUT2D eigenvalue weighted by atomic mass is 9.94. The maximum atomic E-state index is 5.71. The first-order valence-corrected chi connectivity index (χ1v) is 6.37. The van der Waals surface area contributed by atoms with E-state index in [2.05, 4.69) is 55.2 Å². The number of nitrogens with two attached hydrogens (primary N) is 1. The molecule has 1 aromatic heterocycles. The Morgan fingerprint density at radius 3 is 2.37 bits per heavy atom. The summed E-state index contributed by atoms with van der Waals surface area (Å²) in [4.78, 5) is 4.16. The molecule has 0 bridgehead atoms. The maximum Gasteiger partial charge on any atom is 0.123 e. The molecule has 0 fully saturated rings. The zero-order valence-corrected chi connectivity index (χ0v) is 11.1. The average molecular weight is 248 g/mol. The van der Waals surface area contributed by atoms with Gasteiger partial charge in [0.15, 0.2) is 0 Å². The quantitative estimate of drug-likeness (QED) is 0.704. The van der Waals surface area contributed by atoms with E-state index in [-0.39, 0.29) is 0 Å². The van der Waals surface area contributed by atoms with Crippen LogP contribution in [0.15, 0.2) is 48.7 Å². The van der Waals surface area contributed by atoms with Crippen molar-refractivity contribution in [2.24, 2.45) is 0 Å². The standard InChI is InChI=1S/C17H16N2/c1-11-4-3-5-12(2)17(11)14-7-6-13-9-16(18)19-10-15(13)8-14/h3-10H,1-2H3,(H2,18,19). The molecule has 2 aromatic carbocycles. The fourth-order valence-corrected chi connectivity index (χ4v) is 2.58. The number of hydrogen-bond acceptors (Lipinski definition) is 2. The molecule has 0 aliphatic rings. The number of anilines is 1. The van der Waals surface area contributed by atoms with Gasteiger partial charge in [0, 0.05) is 11.6 Å². The summed E-state index contributed by atoms with van der Waals surface area (Å²) in [5.41, 5.74) is 10.8. The Kier molecular flexibility index (Phi) is 2.71. The summed E-state index contributed by atoms with van der Waals surface area (Å²) in [6.07, 6.45) is 1.84. The highest BCUT2D eigenvalue weighted by atomic mass is 14.8. The number of aryl methyl sites for hydroxylation is 2. The van der Waals surface area contributed by atoms with E-state index in [4.69, 9.17) is 5.73 Å². The van der Waals surface area contributed by atoms with E-state index in [0.29, 0.717) is 5.82 Å². The molecule has 0 aliphatic carbocycles. The van der Waals surface area contributed by atoms with Crippen molar-refractivity contribution in [1.29, 1.82) is 0 Å². The van der Waals surface area contributed by atoms with Gasteiger partial charge in [-0.3, -0.25) is 0 Å². The molecule has 0 unspecified atom stereocenters. The van der Waals surface area contributed by atoms with Gasteiger partial charge in [-0.2, -0.15) is 0 Å². The van der Waals surface area contributed by atoms with Crippen LogP contribution in [0.1, 0.15) is 11.1 Å². The fourth-order valence-electron chi connectivity index (χ4n) is 2.58. The number of pyridine rings is 1. The topological polar surface area (TPSA) is 38.9 Å². The predicted molar refractivity (Wildman–Crippen MR) is 81.1 cm³/mol. The van der Waals surface area contributed by atoms with Gasteiger partial charge >= 0.3 is 0 Å². The Morgan fingerprint density at radius 1 is 0.895 bits per heavy atom. The highest BCUT2D eigenvalue weighted by Crippen LogP contribution is 2.29. The summed E-state index contributed by atoms with van der Waals surface area (Å²) in [5, 5.41) is 2.25. The number of nitrogens with zero attached hydrogens (tertiary/aromatic N) is 1. The molecule has 2 heteroatoms. The van der Waals surface area contributed by atoms with Gasteiger partial charge in [0.05, 0.1) is 0 Å². The zero-order chi connectivity index (χ0) is 13.4. The van der Waals surface area contributed by atoms with Crippen molar-refractivity contribution in [3.8, 4) is 11.1 Å². The van der Waals surface area contributed by atoms with Crippen LogP contribution in [0.3, 0.4) is 0 Å². The molecule has 0 amide bonds. The molecule has 0 saturated heterocycles. The van der Waals surface area contributed by atoms with Crippen molar-refractivity contribution in [3.63, 3.8) is 0 Å². The molecule has 2 nitrogen and oxygen atoms in total. The smallest absolute Gasteiger partial charge is 0.123 e. The van der Waals surface area contributed by atoms with Crippen molar-refractivity contribution >= 4 is 16.6 Å². The van der Waals surface area contributed by atoms with E-state index in [9.17, 15) is 0 Å². The summed E-state index contributed by atoms with van der Waals surface area (Å²) >= 11 is 0. The first-order valence-electron chi connectivity index (χ1n) is 6.37. The molecule has 0 spiro atoms. The second-order valence-electron chi connectivity index (χ2n) is 4.94. The van der Waals surface area contributed by atoms with Gasteiger partial charge in [0.1, 0.15) is 5.82 Å². The molecule has 3 rings (SSSR count). The minimum atomic E-state index is 0.562. The molecule has 0 atom stereocenters. The third-order valence-electron chi connectivity index (χ3n) is 3.51. The Labute approximate surface area is 112 Å². The van der Waals surface area contributed by atoms with Crippen LogP contribution in [0.2, 0.25) is 0 Å². The first kappa shape index (κ1) is 11.7. The minimum Gasteiger partial charge on any atom is -0.384 e. The van der Waals surface area contributed by atoms with E-state index < -0.39 is 0 Å². The van der Waals surface area contributed by atoms with Crippen LogP contribution >= 0.6 is 0 Å². The number of fused-ring (bicyclic) bond motifs is 1. The zero-order valence-electron chi connectivity index (χ0n) is 11.1. The van der Waals surface area contributed by atoms with Crippen LogP contribution in [0.4, 0.5) is 5.82 Å². The molecule has 0 radical (unpaired) electrons. The van der Waals surface area contributed by atoms with E-state index in [1.54, 1.807) is 0 Å². The summed E-state index contributed by atoms with van der Waals surface area (Å²) in [7, 11) is 0. The summed E-state index contributed by atoms with van der Waals surface area (Å²) < 4.78 is 0. The Morgan fingerprint density at radius 2 is 1.63 bits per heavy atom. The van der Waals surface area contributed by atoms with E-state index in [1.165, 1.54) is 22.3 Å². The minimum absolute atomic E-state index is 0.562. The maximum absolute atomic E-state index is 5.71. The Bertz CT molecular complexity index is 740. The molecule has 19 heavy (non-hydrogen) atoms. The van der Waals surface area contributed by atoms with Crippen molar-refractivity contribution in [2.45, 2.75) is 13.8 Å². The van der Waals surface area contributed by atoms with Crippen molar-refractivity contribution < 1.29 is 0 Å². The molecule has 0 saturated carbocycles. The third kappa shape index (κ3) is 2.06. The van der Waals surface area contributed by atoms with Crippen LogP contribution in [0.25, 0.3) is 21.9 Å². The van der Waals surface area contributed by atoms with E-state index in [0.717, 1.165) is 10.8 Å². The highest BCUT2D eigenvalue weighted by Gasteiger charge is 2.06. The molecule has 2 N–H and O–H groups in total. The van der Waals surface area contributed by atoms with Gasteiger partial charge < -0.3 is 5.73 Å². The lowest BCUT2D eigenvalue weighted by Crippen LogP contribution is -1.90. The lowest BCUT2D eigenvalue weighted by molar-refractivity contribution is 1.36. The highest BCUT2D eigenvalue weighted by molar-refractivity contribution is 5.89. The van der Waals surface area contributed by atoms with Crippen molar-refractivity contribution in [2.75, 3.05) is 5.73 Å². The molecular weight excluding hydrogens is 232 g/mol. The van der Waals surface area contributed by atoms with Gasteiger partial charge in [0.25, 0.3) is 0 Å². The number of aromatic nitrogens is 1. The van der Waals surface area contributed by atoms with Gasteiger partial charge in [-0.1, -0.05) is 30.3 Å². The van der Waals surface area contributed by atoms with Crippen LogP contribution in [-0.2, 0) is 0 Å². The molecule has 3 aromatic rings. The Hall–Kier alpha value is -2.35. The number of hydrogen-bond donors (Lipinski definition) is 1. The van der Waals surface area contributed by atoms with Crippen LogP contribution < -0.4 is 5.73 Å². The number of nitrogen functional groups attached to an aromatic ring is 1. The second-order valence-corrected chi connectivity index (χ2v) is 4.94. The summed E-state index contributed by atoms with van der Waals surface area (Å²) in [6, 6.07) is 14.7. The fraction of sp³-hybridized carbons (Fsp3) is 0.118. The predicted octanol–water partition coefficient (Wildman–Crippen LogP) is 4.10. The monoisotopic (exact) mass is 248 g/mol. The van der Waals surface area contributed by atoms with E-state index >= 15 is 0 Å². The SMILES string of the molecule is Cc1cccc(C)c1-c1ccc2cc(N)ncc2c1. The van der Waals surface area contributed by atoms with Crippen LogP contribution in [0, 0.1) is 13.8 Å². The van der Waals surface area contributed by atoms with Crippen LogP contribution in [0.5, 0.6) is 0 Å². The second kappa shape index (κ2) is 4.39. The summed E-state index contributed by atoms with van der Waals surface area (Å²) in [5.74, 6) is 0.562. The molecule has 1 heterocycles. The normalized spacial score (nSPS) is 10.8. The van der Waals surface area contributed by atoms with Crippen molar-refractivity contribution in [1.82, 2.24) is 4.98 Å². The van der Waals surface area contributed by atoms with Crippen molar-refractivity contribution in [3.05, 3.63) is 59.8 Å². The molecular formula is C17H16N2. The van der Waals surface area contributed by atoms with E-state index in [1.807, 2.05) is 12.3 Å². The molecule has 94 valence electrons. The third-order valence-corrected chi connectivity index (χ3v) is 3.51. The number of benzene rings is 2. The lowest BCUT2D eigenvalue weighted by Gasteiger charge is -2.11. The summed E-state index contributed by atoms with van der Waals surface area (Å²) in [6.45, 7) is 4.29. The average Bonchev–Trinajstić information content (AvgIpc) is 2.38. The largest absolute Gasteiger partial charge is 0.384 e. The van der Waals surface area contributed by atoms with Gasteiger partial charge in [-0.15, -0.1) is 0 Å². The Balaban J connectivity index is 2.24.